The van der Waals surface area contributed by atoms with Crippen molar-refractivity contribution in [3.05, 3.63) is 193 Å². The molecule has 0 radical (unpaired) electrons. The second kappa shape index (κ2) is 12.7. The Morgan fingerprint density at radius 1 is 0.407 bits per heavy atom. The monoisotopic (exact) mass is 756 g/mol. The van der Waals surface area contributed by atoms with Gasteiger partial charge >= 0.3 is 0 Å². The molecule has 0 bridgehead atoms. The van der Waals surface area contributed by atoms with Crippen molar-refractivity contribution in [1.29, 1.82) is 0 Å². The van der Waals surface area contributed by atoms with Crippen molar-refractivity contribution in [2.45, 2.75) is 19.3 Å². The highest BCUT2D eigenvalue weighted by Gasteiger charge is 2.35. The minimum absolute atomic E-state index is 0.0378. The average molecular weight is 757 g/mol. The van der Waals surface area contributed by atoms with Crippen molar-refractivity contribution in [2.75, 3.05) is 0 Å². The zero-order chi connectivity index (χ0) is 39.2. The third kappa shape index (κ3) is 5.14. The molecule has 0 spiro atoms. The first-order valence-corrected chi connectivity index (χ1v) is 20.1. The number of hydrogen-bond donors (Lipinski definition) is 0. The maximum Gasteiger partial charge on any atom is 0.164 e. The number of fused-ring (bicyclic) bond motifs is 9. The zero-order valence-electron chi connectivity index (χ0n) is 32.5. The Labute approximate surface area is 340 Å². The van der Waals surface area contributed by atoms with Gasteiger partial charge in [0, 0.05) is 49.3 Å². The summed E-state index contributed by atoms with van der Waals surface area (Å²) in [6.45, 7) is 4.67. The summed E-state index contributed by atoms with van der Waals surface area (Å²) in [5, 5.41) is 4.43. The first-order valence-electron chi connectivity index (χ1n) is 20.1. The summed E-state index contributed by atoms with van der Waals surface area (Å²) in [6, 6.07) is 64.3. The molecule has 0 fully saturated rings. The van der Waals surface area contributed by atoms with Crippen LogP contribution in [0.4, 0.5) is 0 Å². The van der Waals surface area contributed by atoms with E-state index in [1.54, 1.807) is 0 Å². The largest absolute Gasteiger partial charge is 0.456 e. The molecule has 1 aliphatic carbocycles. The van der Waals surface area contributed by atoms with Crippen LogP contribution in [0.2, 0.25) is 0 Å². The normalized spacial score (nSPS) is 13.1. The summed E-state index contributed by atoms with van der Waals surface area (Å²) < 4.78 is 8.93. The average Bonchev–Trinajstić information content (AvgIpc) is 3.91. The van der Waals surface area contributed by atoms with Gasteiger partial charge in [0.15, 0.2) is 17.5 Å². The van der Waals surface area contributed by atoms with Crippen LogP contribution < -0.4 is 0 Å². The molecule has 0 N–H and O–H groups in total. The third-order valence-electron chi connectivity index (χ3n) is 12.3. The molecule has 59 heavy (non-hydrogen) atoms. The van der Waals surface area contributed by atoms with Crippen LogP contribution in [0, 0.1) is 0 Å². The first kappa shape index (κ1) is 33.5. The molecule has 11 aromatic rings. The molecule has 1 aliphatic rings. The summed E-state index contributed by atoms with van der Waals surface area (Å²) in [7, 11) is 0. The van der Waals surface area contributed by atoms with E-state index in [1.807, 2.05) is 72.8 Å². The van der Waals surface area contributed by atoms with E-state index in [0.717, 1.165) is 55.4 Å². The number of furan rings is 1. The highest BCUT2D eigenvalue weighted by atomic mass is 16.3. The van der Waals surface area contributed by atoms with E-state index in [-0.39, 0.29) is 5.41 Å². The van der Waals surface area contributed by atoms with Gasteiger partial charge < -0.3 is 8.98 Å². The Kier molecular flexibility index (Phi) is 7.20. The van der Waals surface area contributed by atoms with Crippen LogP contribution in [0.15, 0.2) is 186 Å². The molecule has 5 nitrogen and oxygen atoms in total. The summed E-state index contributed by atoms with van der Waals surface area (Å²) in [6.07, 6.45) is 0. The second-order valence-electron chi connectivity index (χ2n) is 16.0. The third-order valence-corrected chi connectivity index (χ3v) is 12.3. The van der Waals surface area contributed by atoms with E-state index in [1.165, 1.54) is 44.1 Å². The van der Waals surface area contributed by atoms with Crippen molar-refractivity contribution >= 4 is 43.7 Å². The van der Waals surface area contributed by atoms with E-state index in [4.69, 9.17) is 19.4 Å². The van der Waals surface area contributed by atoms with E-state index in [2.05, 4.69) is 128 Å². The van der Waals surface area contributed by atoms with Crippen LogP contribution in [0.1, 0.15) is 25.0 Å². The summed E-state index contributed by atoms with van der Waals surface area (Å²) in [5.74, 6) is 1.85. The molecule has 0 amide bonds. The minimum atomic E-state index is -0.0378. The SMILES string of the molecule is CC1(C)c2ccccc2-c2cc(-n3c4ccccc4c4cc(-c5ccc6oc7cccc(-c8nc(-c9ccccc9)nc(-c9ccccc9)n8)c7c6c5)ccc43)ccc21. The molecular formula is C54H36N4O. The van der Waals surface area contributed by atoms with E-state index < -0.39 is 0 Å². The van der Waals surface area contributed by atoms with Gasteiger partial charge in [-0.1, -0.05) is 147 Å². The van der Waals surface area contributed by atoms with Crippen LogP contribution in [0.3, 0.4) is 0 Å². The predicted molar refractivity (Wildman–Crippen MR) is 241 cm³/mol. The van der Waals surface area contributed by atoms with Gasteiger partial charge in [-0.05, 0) is 81.9 Å². The number of rotatable bonds is 5. The minimum Gasteiger partial charge on any atom is -0.456 e. The van der Waals surface area contributed by atoms with Crippen LogP contribution in [-0.4, -0.2) is 19.5 Å². The van der Waals surface area contributed by atoms with Crippen molar-refractivity contribution in [3.8, 4) is 62.1 Å². The fourth-order valence-electron chi connectivity index (χ4n) is 9.40. The lowest BCUT2D eigenvalue weighted by Gasteiger charge is -2.21. The Morgan fingerprint density at radius 3 is 1.80 bits per heavy atom. The molecule has 12 rings (SSSR count). The molecule has 0 aliphatic heterocycles. The van der Waals surface area contributed by atoms with Gasteiger partial charge in [-0.15, -0.1) is 0 Å². The van der Waals surface area contributed by atoms with Gasteiger partial charge in [0.2, 0.25) is 0 Å². The lowest BCUT2D eigenvalue weighted by atomic mass is 9.82. The Balaban J connectivity index is 1.01. The van der Waals surface area contributed by atoms with Crippen LogP contribution >= 0.6 is 0 Å². The van der Waals surface area contributed by atoms with Crippen molar-refractivity contribution in [2.24, 2.45) is 0 Å². The second-order valence-corrected chi connectivity index (χ2v) is 16.0. The number of para-hydroxylation sites is 1. The topological polar surface area (TPSA) is 56.7 Å². The highest BCUT2D eigenvalue weighted by molar-refractivity contribution is 6.14. The standard InChI is InChI=1S/C54H36N4O/c1-54(2)44-21-11-9-18-38(44)41-32-37(26-27-45(41)54)58-46-22-12-10-19-39(46)42-30-35(24-28-47(42)58)36-25-29-48-43(31-36)50-40(20-13-23-49(50)59-48)53-56-51(33-14-5-3-6-15-33)55-52(57-53)34-16-7-4-8-17-34/h3-32H,1-2H3. The van der Waals surface area contributed by atoms with Gasteiger partial charge in [-0.3, -0.25) is 0 Å². The number of benzene rings is 8. The molecule has 8 aromatic carbocycles. The highest BCUT2D eigenvalue weighted by Crippen LogP contribution is 2.49. The Bertz CT molecular complexity index is 3410. The molecule has 0 atom stereocenters. The molecule has 3 aromatic heterocycles. The maximum absolute atomic E-state index is 6.51. The first-order chi connectivity index (χ1) is 29.0. The Morgan fingerprint density at radius 2 is 1.02 bits per heavy atom. The van der Waals surface area contributed by atoms with Crippen LogP contribution in [0.5, 0.6) is 0 Å². The summed E-state index contributed by atoms with van der Waals surface area (Å²) in [5.41, 5.74) is 15.5. The van der Waals surface area contributed by atoms with Crippen molar-refractivity contribution in [3.63, 3.8) is 0 Å². The fourth-order valence-corrected chi connectivity index (χ4v) is 9.40. The van der Waals surface area contributed by atoms with E-state index >= 15 is 0 Å². The molecule has 3 heterocycles. The lowest BCUT2D eigenvalue weighted by molar-refractivity contribution is 0.660. The summed E-state index contributed by atoms with van der Waals surface area (Å²) in [4.78, 5) is 15.1. The van der Waals surface area contributed by atoms with E-state index in [9.17, 15) is 0 Å². The van der Waals surface area contributed by atoms with Crippen LogP contribution in [0.25, 0.3) is 106 Å². The molecule has 278 valence electrons. The number of nitrogens with zero attached hydrogens (tertiary/aromatic N) is 4. The van der Waals surface area contributed by atoms with E-state index in [0.29, 0.717) is 17.5 Å². The molecule has 5 heteroatoms. The van der Waals surface area contributed by atoms with Crippen LogP contribution in [-0.2, 0) is 5.41 Å². The number of hydrogen-bond acceptors (Lipinski definition) is 4. The molecule has 0 unspecified atom stereocenters. The van der Waals surface area contributed by atoms with Gasteiger partial charge in [-0.2, -0.15) is 0 Å². The van der Waals surface area contributed by atoms with Gasteiger partial charge in [0.05, 0.1) is 11.0 Å². The van der Waals surface area contributed by atoms with Crippen molar-refractivity contribution < 1.29 is 4.42 Å². The fraction of sp³-hybridized carbons (Fsp3) is 0.0556. The lowest BCUT2D eigenvalue weighted by Crippen LogP contribution is -2.14. The maximum atomic E-state index is 6.51. The molecule has 0 saturated carbocycles. The van der Waals surface area contributed by atoms with Gasteiger partial charge in [-0.25, -0.2) is 15.0 Å². The zero-order valence-corrected chi connectivity index (χ0v) is 32.5. The predicted octanol–water partition coefficient (Wildman–Crippen LogP) is 13.8. The molecule has 0 saturated heterocycles. The smallest absolute Gasteiger partial charge is 0.164 e. The Hall–Kier alpha value is -7.63. The molecular weight excluding hydrogens is 721 g/mol. The van der Waals surface area contributed by atoms with Gasteiger partial charge in [0.25, 0.3) is 0 Å². The quantitative estimate of drug-likeness (QED) is 0.175. The van der Waals surface area contributed by atoms with Crippen molar-refractivity contribution in [1.82, 2.24) is 19.5 Å². The van der Waals surface area contributed by atoms with Gasteiger partial charge in [0.1, 0.15) is 11.2 Å². The number of aromatic nitrogens is 4. The summed E-state index contributed by atoms with van der Waals surface area (Å²) >= 11 is 0.